The Hall–Kier alpha value is -2.98. The number of benzene rings is 1. The third kappa shape index (κ3) is 4.86. The average molecular weight is 465 g/mol. The maximum Gasteiger partial charge on any atom is 0.265 e. The lowest BCUT2D eigenvalue weighted by atomic mass is 10.1. The highest BCUT2D eigenvalue weighted by molar-refractivity contribution is 6.40. The second kappa shape index (κ2) is 9.44. The number of aliphatic hydroxyl groups is 2. The van der Waals surface area contributed by atoms with E-state index in [4.69, 9.17) is 28.3 Å². The zero-order valence-electron chi connectivity index (χ0n) is 16.2. The molecule has 1 unspecified atom stereocenters. The fourth-order valence-corrected chi connectivity index (χ4v) is 3.57. The van der Waals surface area contributed by atoms with Gasteiger partial charge in [0.1, 0.15) is 5.82 Å². The number of aliphatic hydroxyl groups excluding tert-OH is 2. The molecule has 162 valence electrons. The molecule has 3 rings (SSSR count). The van der Waals surface area contributed by atoms with Crippen LogP contribution in [0.3, 0.4) is 0 Å². The largest absolute Gasteiger partial charge is 0.394 e. The number of hydrogen-bond acceptors (Lipinski definition) is 6. The highest BCUT2D eigenvalue weighted by Gasteiger charge is 2.22. The van der Waals surface area contributed by atoms with Gasteiger partial charge in [-0.1, -0.05) is 23.2 Å². The minimum absolute atomic E-state index is 0.00864. The van der Waals surface area contributed by atoms with Crippen molar-refractivity contribution < 1.29 is 24.6 Å². The topological polar surface area (TPSA) is 134 Å². The summed E-state index contributed by atoms with van der Waals surface area (Å²) in [5.74, 6) is -1.10. The van der Waals surface area contributed by atoms with E-state index in [1.165, 1.54) is 36.0 Å². The molecule has 31 heavy (non-hydrogen) atoms. The van der Waals surface area contributed by atoms with Gasteiger partial charge in [-0.3, -0.25) is 19.0 Å². The smallest absolute Gasteiger partial charge is 0.265 e. The first-order valence-electron chi connectivity index (χ1n) is 9.07. The number of hydrogen-bond donors (Lipinski definition) is 4. The Labute approximate surface area is 186 Å². The van der Waals surface area contributed by atoms with Crippen LogP contribution in [0.2, 0.25) is 10.0 Å². The Morgan fingerprint density at radius 2 is 1.87 bits per heavy atom. The lowest BCUT2D eigenvalue weighted by Gasteiger charge is -2.12. The van der Waals surface area contributed by atoms with E-state index in [9.17, 15) is 19.5 Å². The molecule has 0 aliphatic heterocycles. The van der Waals surface area contributed by atoms with Crippen LogP contribution in [0.4, 0.5) is 5.82 Å². The Bertz CT molecular complexity index is 1150. The predicted octanol–water partition coefficient (Wildman–Crippen LogP) is 2.07. The molecular weight excluding hydrogens is 447 g/mol. The summed E-state index contributed by atoms with van der Waals surface area (Å²) in [5.41, 5.74) is 0.563. The van der Waals surface area contributed by atoms with Gasteiger partial charge in [-0.2, -0.15) is 0 Å². The van der Waals surface area contributed by atoms with E-state index in [0.717, 1.165) is 0 Å². The maximum absolute atomic E-state index is 13.2. The zero-order chi connectivity index (χ0) is 22.7. The molecule has 11 heteroatoms. The van der Waals surface area contributed by atoms with E-state index in [2.05, 4.69) is 15.6 Å². The first-order valence-corrected chi connectivity index (χ1v) is 9.83. The number of halogens is 2. The van der Waals surface area contributed by atoms with Crippen LogP contribution in [-0.4, -0.2) is 56.7 Å². The number of amides is 2. The molecule has 0 saturated carbocycles. The van der Waals surface area contributed by atoms with Crippen molar-refractivity contribution in [2.45, 2.75) is 13.0 Å². The van der Waals surface area contributed by atoms with Crippen molar-refractivity contribution in [1.29, 1.82) is 0 Å². The summed E-state index contributed by atoms with van der Waals surface area (Å²) in [4.78, 5) is 40.9. The first-order chi connectivity index (χ1) is 14.7. The van der Waals surface area contributed by atoms with Gasteiger partial charge in [0.25, 0.3) is 11.8 Å². The first kappa shape index (κ1) is 22.7. The van der Waals surface area contributed by atoms with Crippen molar-refractivity contribution >= 4 is 57.6 Å². The van der Waals surface area contributed by atoms with E-state index in [1.807, 2.05) is 0 Å². The molecule has 1 aromatic carbocycles. The molecule has 0 aliphatic rings. The molecule has 2 heterocycles. The molecule has 0 aliphatic carbocycles. The monoisotopic (exact) mass is 464 g/mol. The molecule has 0 bridgehead atoms. The number of carbonyl (C=O) groups excluding carboxylic acids is 3. The molecule has 2 aromatic heterocycles. The average Bonchev–Trinajstić information content (AvgIpc) is 3.15. The van der Waals surface area contributed by atoms with E-state index >= 15 is 0 Å². The fourth-order valence-electron chi connectivity index (χ4n) is 2.92. The number of anilines is 1. The highest BCUT2D eigenvalue weighted by atomic mass is 35.5. The van der Waals surface area contributed by atoms with Crippen LogP contribution < -0.4 is 10.6 Å². The fraction of sp³-hybridized carbons (Fsp3) is 0.200. The van der Waals surface area contributed by atoms with E-state index < -0.39 is 24.5 Å². The van der Waals surface area contributed by atoms with Crippen molar-refractivity contribution in [1.82, 2.24) is 14.9 Å². The van der Waals surface area contributed by atoms with Crippen molar-refractivity contribution in [2.24, 2.45) is 0 Å². The van der Waals surface area contributed by atoms with Crippen molar-refractivity contribution in [2.75, 3.05) is 18.5 Å². The molecule has 1 atom stereocenters. The normalized spacial score (nSPS) is 11.9. The summed E-state index contributed by atoms with van der Waals surface area (Å²) in [7, 11) is 0. The predicted molar refractivity (Wildman–Crippen MR) is 116 cm³/mol. The molecule has 2 amide bonds. The van der Waals surface area contributed by atoms with Gasteiger partial charge >= 0.3 is 0 Å². The highest BCUT2D eigenvalue weighted by Crippen LogP contribution is 2.30. The van der Waals surface area contributed by atoms with Gasteiger partial charge in [-0.25, -0.2) is 4.98 Å². The van der Waals surface area contributed by atoms with E-state index in [-0.39, 0.29) is 33.6 Å². The van der Waals surface area contributed by atoms with Crippen LogP contribution in [0.25, 0.3) is 10.9 Å². The minimum Gasteiger partial charge on any atom is -0.394 e. The molecule has 0 radical (unpaired) electrons. The van der Waals surface area contributed by atoms with Gasteiger partial charge in [0.2, 0.25) is 5.91 Å². The summed E-state index contributed by atoms with van der Waals surface area (Å²) in [5, 5.41) is 23.7. The van der Waals surface area contributed by atoms with E-state index in [0.29, 0.717) is 16.7 Å². The van der Waals surface area contributed by atoms with Gasteiger partial charge < -0.3 is 20.8 Å². The van der Waals surface area contributed by atoms with Gasteiger partial charge in [0.05, 0.1) is 33.8 Å². The zero-order valence-corrected chi connectivity index (χ0v) is 17.7. The molecule has 0 saturated heterocycles. The molecule has 4 N–H and O–H groups in total. The number of carbonyl (C=O) groups is 3. The molecule has 0 spiro atoms. The van der Waals surface area contributed by atoms with Crippen LogP contribution in [0.15, 0.2) is 36.7 Å². The number of nitrogens with zero attached hydrogens (tertiary/aromatic N) is 2. The summed E-state index contributed by atoms with van der Waals surface area (Å²) in [6, 6.07) is 5.81. The van der Waals surface area contributed by atoms with Gasteiger partial charge in [0.15, 0.2) is 0 Å². The minimum atomic E-state index is -1.10. The standard InChI is InChI=1S/C20H18Cl2N4O5/c1-10(28)25-18-13-3-5-26(16(13)2-4-23-18)20(31)17-14(21)6-11(7-15(17)22)19(30)24-8-12(29)9-27/h2-7,12,27,29H,8-9H2,1H3,(H,24,30)(H,23,25,28). The van der Waals surface area contributed by atoms with Crippen LogP contribution in [0, 0.1) is 0 Å². The van der Waals surface area contributed by atoms with Crippen LogP contribution >= 0.6 is 23.2 Å². The SMILES string of the molecule is CC(=O)Nc1nccc2c1ccn2C(=O)c1c(Cl)cc(C(=O)NCC(O)CO)cc1Cl. The summed E-state index contributed by atoms with van der Waals surface area (Å²) in [6.07, 6.45) is 1.85. The van der Waals surface area contributed by atoms with Gasteiger partial charge in [-0.05, 0) is 24.3 Å². The molecule has 0 fully saturated rings. The van der Waals surface area contributed by atoms with Crippen molar-refractivity contribution in [3.05, 3.63) is 57.8 Å². The van der Waals surface area contributed by atoms with Gasteiger partial charge in [0, 0.05) is 36.8 Å². The Morgan fingerprint density at radius 3 is 2.48 bits per heavy atom. The summed E-state index contributed by atoms with van der Waals surface area (Å²) < 4.78 is 1.31. The maximum atomic E-state index is 13.2. The summed E-state index contributed by atoms with van der Waals surface area (Å²) in [6.45, 7) is 0.689. The van der Waals surface area contributed by atoms with Crippen molar-refractivity contribution in [3.8, 4) is 0 Å². The van der Waals surface area contributed by atoms with Gasteiger partial charge in [-0.15, -0.1) is 0 Å². The number of nitrogens with one attached hydrogen (secondary N) is 2. The number of aromatic nitrogens is 2. The Kier molecular flexibility index (Phi) is 6.91. The summed E-state index contributed by atoms with van der Waals surface area (Å²) >= 11 is 12.5. The van der Waals surface area contributed by atoms with E-state index in [1.54, 1.807) is 12.1 Å². The third-order valence-corrected chi connectivity index (χ3v) is 4.95. The quantitative estimate of drug-likeness (QED) is 0.441. The lowest BCUT2D eigenvalue weighted by molar-refractivity contribution is -0.114. The number of fused-ring (bicyclic) bond motifs is 1. The van der Waals surface area contributed by atoms with Crippen molar-refractivity contribution in [3.63, 3.8) is 0 Å². The second-order valence-corrected chi connectivity index (χ2v) is 7.44. The van der Waals surface area contributed by atoms with Crippen LogP contribution in [-0.2, 0) is 4.79 Å². The van der Waals surface area contributed by atoms with Crippen LogP contribution in [0.1, 0.15) is 27.6 Å². The molecule has 9 nitrogen and oxygen atoms in total. The number of pyridine rings is 1. The number of rotatable bonds is 6. The Morgan fingerprint density at radius 1 is 1.19 bits per heavy atom. The molecule has 3 aromatic rings. The third-order valence-electron chi connectivity index (χ3n) is 4.36. The Balaban J connectivity index is 1.94. The molecular formula is C20H18Cl2N4O5. The lowest BCUT2D eigenvalue weighted by Crippen LogP contribution is -2.33. The second-order valence-electron chi connectivity index (χ2n) is 6.63. The van der Waals surface area contributed by atoms with Crippen LogP contribution in [0.5, 0.6) is 0 Å².